The molecule has 0 aliphatic carbocycles. The molecule has 0 radical (unpaired) electrons. The Hall–Kier alpha value is -4.15. The average molecular weight is 523 g/mol. The fourth-order valence-corrected chi connectivity index (χ4v) is 5.00. The van der Waals surface area contributed by atoms with Gasteiger partial charge in [-0.2, -0.15) is 4.98 Å². The van der Waals surface area contributed by atoms with Gasteiger partial charge < -0.3 is 9.26 Å². The van der Waals surface area contributed by atoms with Crippen molar-refractivity contribution in [3.8, 4) is 22.6 Å². The Kier molecular flexibility index (Phi) is 5.99. The van der Waals surface area contributed by atoms with Crippen molar-refractivity contribution >= 4 is 38.5 Å². The summed E-state index contributed by atoms with van der Waals surface area (Å²) in [6, 6.07) is 18.6. The van der Waals surface area contributed by atoms with Crippen LogP contribution in [0.3, 0.4) is 0 Å². The number of fused-ring (bicyclic) bond motifs is 1. The fraction of sp³-hybridized carbons (Fsp3) is 0.0800. The van der Waals surface area contributed by atoms with Crippen molar-refractivity contribution in [2.75, 3.05) is 11.8 Å². The van der Waals surface area contributed by atoms with Crippen LogP contribution in [0.4, 0.5) is 5.95 Å². The number of rotatable bonds is 6. The summed E-state index contributed by atoms with van der Waals surface area (Å²) in [4.78, 5) is 16.6. The molecule has 0 spiro atoms. The molecule has 1 N–H and O–H groups in total. The molecule has 3 aromatic carbocycles. The Labute approximate surface area is 211 Å². The molecule has 0 aliphatic rings. The molecule has 0 atom stereocenters. The normalized spacial score (nSPS) is 11.5. The van der Waals surface area contributed by atoms with Gasteiger partial charge in [0.05, 0.1) is 23.2 Å². The molecule has 0 aliphatic heterocycles. The molecular weight excluding hydrogens is 504 g/mol. The van der Waals surface area contributed by atoms with E-state index in [2.05, 4.69) is 19.4 Å². The smallest absolute Gasteiger partial charge is 0.277 e. The van der Waals surface area contributed by atoms with Crippen LogP contribution < -0.4 is 15.0 Å². The monoisotopic (exact) mass is 522 g/mol. The molecular formula is C25H19ClN4O5S. The first-order valence-corrected chi connectivity index (χ1v) is 12.5. The second kappa shape index (κ2) is 9.14. The van der Waals surface area contributed by atoms with Gasteiger partial charge in [0.25, 0.3) is 21.5 Å². The Balaban J connectivity index is 1.61. The van der Waals surface area contributed by atoms with Crippen LogP contribution in [0.5, 0.6) is 5.75 Å². The molecule has 2 aromatic heterocycles. The van der Waals surface area contributed by atoms with Crippen molar-refractivity contribution in [2.24, 2.45) is 0 Å². The van der Waals surface area contributed by atoms with Crippen molar-refractivity contribution in [1.29, 1.82) is 0 Å². The average Bonchev–Trinajstić information content (AvgIpc) is 3.37. The second-order valence-electron chi connectivity index (χ2n) is 7.94. The molecule has 36 heavy (non-hydrogen) atoms. The summed E-state index contributed by atoms with van der Waals surface area (Å²) in [6.07, 6.45) is 1.02. The molecule has 5 rings (SSSR count). The number of benzene rings is 3. The Bertz CT molecular complexity index is 1770. The number of methoxy groups -OCH3 is 1. The molecule has 0 saturated carbocycles. The number of hydrogen-bond acceptors (Lipinski definition) is 7. The predicted octanol–water partition coefficient (Wildman–Crippen LogP) is 4.81. The minimum atomic E-state index is -3.97. The topological polar surface area (TPSA) is 116 Å². The van der Waals surface area contributed by atoms with Gasteiger partial charge in [0.1, 0.15) is 5.75 Å². The van der Waals surface area contributed by atoms with Gasteiger partial charge in [0.2, 0.25) is 6.39 Å². The zero-order valence-corrected chi connectivity index (χ0v) is 20.7. The summed E-state index contributed by atoms with van der Waals surface area (Å²) in [7, 11) is -2.45. The fourth-order valence-electron chi connectivity index (χ4n) is 3.90. The molecule has 0 unspecified atom stereocenters. The second-order valence-corrected chi connectivity index (χ2v) is 10.0. The molecule has 182 valence electrons. The first-order chi connectivity index (χ1) is 17.3. The van der Waals surface area contributed by atoms with E-state index in [-0.39, 0.29) is 16.4 Å². The number of nitrogens with one attached hydrogen (secondary N) is 1. The van der Waals surface area contributed by atoms with Crippen molar-refractivity contribution in [1.82, 2.24) is 14.7 Å². The van der Waals surface area contributed by atoms with Crippen molar-refractivity contribution in [2.45, 2.75) is 11.8 Å². The number of ether oxygens (including phenoxy) is 1. The SMILES string of the molecule is COc1cc(-c2ccc(Cl)c(C)c2)ccc1-n1c(=O)ccc2cc(S(=O)(=O)Nc3ncon3)ccc21. The van der Waals surface area contributed by atoms with Crippen LogP contribution >= 0.6 is 11.6 Å². The number of sulfonamides is 1. The standard InChI is InChI=1S/C25H19ClN4O5S/c1-15-11-16(3-7-20(15)26)17-4-8-22(23(13-17)34-2)30-21-9-6-19(12-18(21)5-10-24(30)31)36(32,33)29-25-27-14-35-28-25/h3-14H,1-2H3,(H,28,29). The molecule has 11 heteroatoms. The first-order valence-electron chi connectivity index (χ1n) is 10.7. The van der Waals surface area contributed by atoms with Crippen LogP contribution in [0.15, 0.2) is 87.3 Å². The first kappa shape index (κ1) is 23.6. The number of aromatic nitrogens is 3. The van der Waals surface area contributed by atoms with Gasteiger partial charge in [-0.25, -0.2) is 13.1 Å². The van der Waals surface area contributed by atoms with E-state index in [1.54, 1.807) is 18.2 Å². The lowest BCUT2D eigenvalue weighted by atomic mass is 10.0. The molecule has 0 amide bonds. The quantitative estimate of drug-likeness (QED) is 0.340. The summed E-state index contributed by atoms with van der Waals surface area (Å²) in [6.45, 7) is 1.93. The molecule has 9 nitrogen and oxygen atoms in total. The van der Waals surface area contributed by atoms with Gasteiger partial charge in [0, 0.05) is 16.5 Å². The maximum Gasteiger partial charge on any atom is 0.277 e. The minimum absolute atomic E-state index is 0.0228. The Morgan fingerprint density at radius 3 is 2.50 bits per heavy atom. The highest BCUT2D eigenvalue weighted by molar-refractivity contribution is 7.92. The Morgan fingerprint density at radius 2 is 1.78 bits per heavy atom. The van der Waals surface area contributed by atoms with E-state index in [0.29, 0.717) is 27.4 Å². The lowest BCUT2D eigenvalue weighted by Gasteiger charge is -2.16. The summed E-state index contributed by atoms with van der Waals surface area (Å²) in [5.41, 5.74) is 3.52. The highest BCUT2D eigenvalue weighted by atomic mass is 35.5. The number of aryl methyl sites for hydroxylation is 1. The van der Waals surface area contributed by atoms with E-state index in [1.165, 1.54) is 29.9 Å². The van der Waals surface area contributed by atoms with Gasteiger partial charge in [0.15, 0.2) is 0 Å². The largest absolute Gasteiger partial charge is 0.495 e. The van der Waals surface area contributed by atoms with Crippen LogP contribution in [0.2, 0.25) is 5.02 Å². The third-order valence-electron chi connectivity index (χ3n) is 5.67. The van der Waals surface area contributed by atoms with Crippen molar-refractivity contribution in [3.05, 3.63) is 94.1 Å². The number of halogens is 1. The highest BCUT2D eigenvalue weighted by Gasteiger charge is 2.19. The molecule has 0 saturated heterocycles. The van der Waals surface area contributed by atoms with Gasteiger partial charge in [-0.3, -0.25) is 9.36 Å². The number of pyridine rings is 1. The van der Waals surface area contributed by atoms with E-state index in [4.69, 9.17) is 16.3 Å². The third kappa shape index (κ3) is 4.32. The lowest BCUT2D eigenvalue weighted by molar-refractivity contribution is 0.413. The van der Waals surface area contributed by atoms with E-state index in [0.717, 1.165) is 23.1 Å². The summed E-state index contributed by atoms with van der Waals surface area (Å²) < 4.78 is 39.4. The van der Waals surface area contributed by atoms with Gasteiger partial charge in [-0.15, -0.1) is 0 Å². The zero-order chi connectivity index (χ0) is 25.4. The minimum Gasteiger partial charge on any atom is -0.495 e. The summed E-state index contributed by atoms with van der Waals surface area (Å²) in [5.74, 6) is 0.297. The number of anilines is 1. The number of hydrogen-bond donors (Lipinski definition) is 1. The van der Waals surface area contributed by atoms with Crippen molar-refractivity contribution in [3.63, 3.8) is 0 Å². The van der Waals surface area contributed by atoms with Crippen LogP contribution in [0.25, 0.3) is 27.7 Å². The number of nitrogens with zero attached hydrogens (tertiary/aromatic N) is 3. The van der Waals surface area contributed by atoms with Crippen LogP contribution in [0, 0.1) is 6.92 Å². The highest BCUT2D eigenvalue weighted by Crippen LogP contribution is 2.32. The van der Waals surface area contributed by atoms with E-state index in [9.17, 15) is 13.2 Å². The maximum absolute atomic E-state index is 13.0. The zero-order valence-electron chi connectivity index (χ0n) is 19.1. The third-order valence-corrected chi connectivity index (χ3v) is 7.42. The van der Waals surface area contributed by atoms with Gasteiger partial charge >= 0.3 is 0 Å². The van der Waals surface area contributed by atoms with Crippen LogP contribution in [-0.4, -0.2) is 30.2 Å². The molecule has 5 aromatic rings. The Morgan fingerprint density at radius 1 is 1.00 bits per heavy atom. The van der Waals surface area contributed by atoms with Crippen LogP contribution in [0.1, 0.15) is 5.56 Å². The van der Waals surface area contributed by atoms with E-state index >= 15 is 0 Å². The van der Waals surface area contributed by atoms with E-state index < -0.39 is 10.0 Å². The molecule has 0 bridgehead atoms. The van der Waals surface area contributed by atoms with E-state index in [1.807, 2.05) is 37.3 Å². The predicted molar refractivity (Wildman–Crippen MR) is 136 cm³/mol. The van der Waals surface area contributed by atoms with Crippen molar-refractivity contribution < 1.29 is 17.7 Å². The summed E-state index contributed by atoms with van der Waals surface area (Å²) in [5, 5.41) is 4.68. The van der Waals surface area contributed by atoms with Gasteiger partial charge in [-0.05, 0) is 77.3 Å². The lowest BCUT2D eigenvalue weighted by Crippen LogP contribution is -2.19. The molecule has 2 heterocycles. The maximum atomic E-state index is 13.0. The van der Waals surface area contributed by atoms with Crippen LogP contribution in [-0.2, 0) is 10.0 Å². The molecule has 0 fully saturated rings. The summed E-state index contributed by atoms with van der Waals surface area (Å²) >= 11 is 6.16. The van der Waals surface area contributed by atoms with Gasteiger partial charge in [-0.1, -0.05) is 23.7 Å².